The van der Waals surface area contributed by atoms with Gasteiger partial charge in [-0.15, -0.1) is 0 Å². The molecular formula is C13H16ClN3. The van der Waals surface area contributed by atoms with Crippen LogP contribution in [-0.2, 0) is 0 Å². The molecule has 0 unspecified atom stereocenters. The molecule has 2 rings (SSSR count). The van der Waals surface area contributed by atoms with E-state index in [2.05, 4.69) is 18.9 Å². The monoisotopic (exact) mass is 249 g/mol. The number of benzene rings is 1. The fourth-order valence-electron chi connectivity index (χ4n) is 1.83. The molecular weight excluding hydrogens is 234 g/mol. The Morgan fingerprint density at radius 2 is 2.06 bits per heavy atom. The van der Waals surface area contributed by atoms with Crippen molar-refractivity contribution in [2.75, 3.05) is 5.73 Å². The highest BCUT2D eigenvalue weighted by Gasteiger charge is 2.13. The van der Waals surface area contributed by atoms with Gasteiger partial charge in [-0.05, 0) is 30.5 Å². The summed E-state index contributed by atoms with van der Waals surface area (Å²) in [6, 6.07) is 5.74. The maximum Gasteiger partial charge on any atom is 0.130 e. The normalized spacial score (nSPS) is 11.1. The fraction of sp³-hybridized carbons (Fsp3) is 0.308. The zero-order chi connectivity index (χ0) is 12.6. The van der Waals surface area contributed by atoms with Crippen molar-refractivity contribution in [3.05, 3.63) is 40.5 Å². The number of hydrogen-bond donors (Lipinski definition) is 1. The lowest BCUT2D eigenvalue weighted by Crippen LogP contribution is -2.05. The molecule has 2 N–H and O–H groups in total. The molecule has 0 saturated heterocycles. The van der Waals surface area contributed by atoms with E-state index in [9.17, 15) is 0 Å². The van der Waals surface area contributed by atoms with Crippen LogP contribution in [0.25, 0.3) is 5.69 Å². The number of nitrogens with two attached hydrogens (primary N) is 1. The van der Waals surface area contributed by atoms with Gasteiger partial charge in [-0.25, -0.2) is 4.68 Å². The predicted molar refractivity (Wildman–Crippen MR) is 71.8 cm³/mol. The average molecular weight is 250 g/mol. The summed E-state index contributed by atoms with van der Waals surface area (Å²) in [4.78, 5) is 0. The SMILES string of the molecule is Cc1c(Cl)cccc1-n1ncc(C(C)C)c1N. The molecule has 3 nitrogen and oxygen atoms in total. The Kier molecular flexibility index (Phi) is 3.11. The zero-order valence-corrected chi connectivity index (χ0v) is 11.0. The highest BCUT2D eigenvalue weighted by molar-refractivity contribution is 6.31. The first-order valence-electron chi connectivity index (χ1n) is 5.61. The highest BCUT2D eigenvalue weighted by Crippen LogP contribution is 2.27. The van der Waals surface area contributed by atoms with Crippen LogP contribution < -0.4 is 5.73 Å². The number of nitrogen functional groups attached to an aromatic ring is 1. The van der Waals surface area contributed by atoms with Gasteiger partial charge in [-0.1, -0.05) is 31.5 Å². The summed E-state index contributed by atoms with van der Waals surface area (Å²) >= 11 is 6.10. The standard InChI is InChI=1S/C13H16ClN3/c1-8(2)10-7-16-17(13(10)15)12-6-4-5-11(14)9(12)3/h4-8H,15H2,1-3H3. The summed E-state index contributed by atoms with van der Waals surface area (Å²) in [7, 11) is 0. The second kappa shape index (κ2) is 4.41. The third-order valence-electron chi connectivity index (χ3n) is 2.93. The third kappa shape index (κ3) is 2.03. The van der Waals surface area contributed by atoms with Gasteiger partial charge < -0.3 is 5.73 Å². The maximum absolute atomic E-state index is 6.11. The zero-order valence-electron chi connectivity index (χ0n) is 10.2. The van der Waals surface area contributed by atoms with Gasteiger partial charge in [0.2, 0.25) is 0 Å². The van der Waals surface area contributed by atoms with E-state index >= 15 is 0 Å². The quantitative estimate of drug-likeness (QED) is 0.885. The number of anilines is 1. The number of nitrogens with zero attached hydrogens (tertiary/aromatic N) is 2. The minimum Gasteiger partial charge on any atom is -0.383 e. The summed E-state index contributed by atoms with van der Waals surface area (Å²) in [6.07, 6.45) is 1.82. The Balaban J connectivity index is 2.58. The van der Waals surface area contributed by atoms with Crippen molar-refractivity contribution in [3.63, 3.8) is 0 Å². The molecule has 4 heteroatoms. The molecule has 0 aliphatic rings. The predicted octanol–water partition coefficient (Wildman–Crippen LogP) is 3.54. The van der Waals surface area contributed by atoms with Crippen LogP contribution in [-0.4, -0.2) is 9.78 Å². The van der Waals surface area contributed by atoms with Crippen molar-refractivity contribution in [3.8, 4) is 5.69 Å². The highest BCUT2D eigenvalue weighted by atomic mass is 35.5. The summed E-state index contributed by atoms with van der Waals surface area (Å²) in [6.45, 7) is 6.17. The molecule has 1 heterocycles. The molecule has 0 atom stereocenters. The van der Waals surface area contributed by atoms with E-state index in [1.807, 2.05) is 31.3 Å². The summed E-state index contributed by atoms with van der Waals surface area (Å²) < 4.78 is 1.75. The topological polar surface area (TPSA) is 43.8 Å². The first kappa shape index (κ1) is 12.0. The number of halogens is 1. The van der Waals surface area contributed by atoms with Crippen LogP contribution in [0.15, 0.2) is 24.4 Å². The molecule has 1 aromatic carbocycles. The van der Waals surface area contributed by atoms with E-state index in [-0.39, 0.29) is 0 Å². The first-order valence-corrected chi connectivity index (χ1v) is 5.99. The molecule has 0 fully saturated rings. The first-order chi connectivity index (χ1) is 8.02. The van der Waals surface area contributed by atoms with Gasteiger partial charge in [0.05, 0.1) is 11.9 Å². The third-order valence-corrected chi connectivity index (χ3v) is 3.34. The number of aromatic nitrogens is 2. The van der Waals surface area contributed by atoms with Gasteiger partial charge in [-0.2, -0.15) is 5.10 Å². The van der Waals surface area contributed by atoms with Crippen molar-refractivity contribution in [1.29, 1.82) is 0 Å². The van der Waals surface area contributed by atoms with Gasteiger partial charge in [0.1, 0.15) is 5.82 Å². The van der Waals surface area contributed by atoms with E-state index < -0.39 is 0 Å². The smallest absolute Gasteiger partial charge is 0.130 e. The van der Waals surface area contributed by atoms with Crippen molar-refractivity contribution in [2.45, 2.75) is 26.7 Å². The van der Waals surface area contributed by atoms with Gasteiger partial charge in [0.25, 0.3) is 0 Å². The minimum absolute atomic E-state index is 0.364. The molecule has 17 heavy (non-hydrogen) atoms. The lowest BCUT2D eigenvalue weighted by Gasteiger charge is -2.10. The van der Waals surface area contributed by atoms with E-state index in [0.29, 0.717) is 11.7 Å². The van der Waals surface area contributed by atoms with E-state index in [1.54, 1.807) is 4.68 Å². The van der Waals surface area contributed by atoms with Crippen LogP contribution in [0.1, 0.15) is 30.9 Å². The number of rotatable bonds is 2. The Morgan fingerprint density at radius 3 is 2.65 bits per heavy atom. The fourth-order valence-corrected chi connectivity index (χ4v) is 2.00. The van der Waals surface area contributed by atoms with Crippen molar-refractivity contribution >= 4 is 17.4 Å². The summed E-state index contributed by atoms with van der Waals surface area (Å²) in [5.74, 6) is 1.05. The summed E-state index contributed by atoms with van der Waals surface area (Å²) in [5, 5.41) is 5.07. The molecule has 0 spiro atoms. The van der Waals surface area contributed by atoms with Crippen molar-refractivity contribution in [2.24, 2.45) is 0 Å². The Hall–Kier alpha value is -1.48. The van der Waals surface area contributed by atoms with Crippen LogP contribution in [0, 0.1) is 6.92 Å². The molecule has 2 aromatic rings. The molecule has 0 aliphatic heterocycles. The van der Waals surface area contributed by atoms with Gasteiger partial charge in [0.15, 0.2) is 0 Å². The lowest BCUT2D eigenvalue weighted by molar-refractivity contribution is 0.866. The van der Waals surface area contributed by atoms with Crippen LogP contribution in [0.5, 0.6) is 0 Å². The summed E-state index contributed by atoms with van der Waals surface area (Å²) in [5.41, 5.74) is 9.09. The second-order valence-corrected chi connectivity index (χ2v) is 4.84. The second-order valence-electron chi connectivity index (χ2n) is 4.44. The maximum atomic E-state index is 6.11. The van der Waals surface area contributed by atoms with Crippen LogP contribution in [0.2, 0.25) is 5.02 Å². The van der Waals surface area contributed by atoms with Gasteiger partial charge >= 0.3 is 0 Å². The van der Waals surface area contributed by atoms with Gasteiger partial charge in [0, 0.05) is 10.6 Å². The largest absolute Gasteiger partial charge is 0.383 e. The molecule has 0 radical (unpaired) electrons. The van der Waals surface area contributed by atoms with Crippen molar-refractivity contribution < 1.29 is 0 Å². The Morgan fingerprint density at radius 1 is 1.35 bits per heavy atom. The van der Waals surface area contributed by atoms with Crippen LogP contribution in [0.4, 0.5) is 5.82 Å². The molecule has 0 saturated carbocycles. The molecule has 90 valence electrons. The van der Waals surface area contributed by atoms with Crippen molar-refractivity contribution in [1.82, 2.24) is 9.78 Å². The van der Waals surface area contributed by atoms with Gasteiger partial charge in [-0.3, -0.25) is 0 Å². The lowest BCUT2D eigenvalue weighted by atomic mass is 10.1. The van der Waals surface area contributed by atoms with E-state index in [0.717, 1.165) is 21.8 Å². The van der Waals surface area contributed by atoms with E-state index in [4.69, 9.17) is 17.3 Å². The van der Waals surface area contributed by atoms with E-state index in [1.165, 1.54) is 0 Å². The average Bonchev–Trinajstić information content (AvgIpc) is 2.64. The number of hydrogen-bond acceptors (Lipinski definition) is 2. The van der Waals surface area contributed by atoms with Crippen LogP contribution >= 0.6 is 11.6 Å². The molecule has 0 aliphatic carbocycles. The Bertz CT molecular complexity index is 544. The minimum atomic E-state index is 0.364. The van der Waals surface area contributed by atoms with Crippen LogP contribution in [0.3, 0.4) is 0 Å². The molecule has 1 aromatic heterocycles. The molecule has 0 amide bonds. The Labute approximate surface area is 106 Å². The molecule has 0 bridgehead atoms.